The van der Waals surface area contributed by atoms with Gasteiger partial charge in [-0.2, -0.15) is 0 Å². The van der Waals surface area contributed by atoms with E-state index in [2.05, 4.69) is 36.3 Å². The zero-order valence-corrected chi connectivity index (χ0v) is 13.1. The Hall–Kier alpha value is -2.10. The van der Waals surface area contributed by atoms with Crippen molar-refractivity contribution in [2.45, 2.75) is 40.2 Å². The first-order valence-electron chi connectivity index (χ1n) is 7.24. The Labute approximate surface area is 125 Å². The van der Waals surface area contributed by atoms with Crippen LogP contribution in [0.5, 0.6) is 0 Å². The number of nitrogens with zero attached hydrogens (tertiary/aromatic N) is 2. The van der Waals surface area contributed by atoms with Gasteiger partial charge in [-0.25, -0.2) is 0 Å². The van der Waals surface area contributed by atoms with Crippen molar-refractivity contribution in [2.75, 3.05) is 7.05 Å². The minimum absolute atomic E-state index is 0.0731. The van der Waals surface area contributed by atoms with Crippen molar-refractivity contribution < 1.29 is 9.32 Å². The van der Waals surface area contributed by atoms with Gasteiger partial charge in [0.25, 0.3) is 0 Å². The van der Waals surface area contributed by atoms with Crippen molar-refractivity contribution in [1.82, 2.24) is 10.1 Å². The third-order valence-corrected chi connectivity index (χ3v) is 3.79. The van der Waals surface area contributed by atoms with E-state index in [1.165, 1.54) is 5.56 Å². The molecule has 0 aliphatic carbocycles. The fourth-order valence-electron chi connectivity index (χ4n) is 2.28. The zero-order chi connectivity index (χ0) is 15.4. The van der Waals surface area contributed by atoms with Crippen molar-refractivity contribution in [1.29, 1.82) is 0 Å². The maximum absolute atomic E-state index is 12.3. The SMILES string of the molecule is CCc1ccc(CN(C)C(=O)Cc2c(C)noc2C)cc1. The molecule has 0 spiro atoms. The second kappa shape index (κ2) is 6.57. The lowest BCUT2D eigenvalue weighted by atomic mass is 10.1. The van der Waals surface area contributed by atoms with Crippen LogP contribution in [0.25, 0.3) is 0 Å². The molecular formula is C17H22N2O2. The van der Waals surface area contributed by atoms with Crippen LogP contribution in [-0.4, -0.2) is 23.0 Å². The van der Waals surface area contributed by atoms with Crippen molar-refractivity contribution in [3.63, 3.8) is 0 Å². The van der Waals surface area contributed by atoms with Gasteiger partial charge in [0.1, 0.15) is 5.76 Å². The van der Waals surface area contributed by atoms with E-state index in [1.807, 2.05) is 20.9 Å². The van der Waals surface area contributed by atoms with E-state index in [9.17, 15) is 4.79 Å². The van der Waals surface area contributed by atoms with Gasteiger partial charge >= 0.3 is 0 Å². The fourth-order valence-corrected chi connectivity index (χ4v) is 2.28. The standard InChI is InChI=1S/C17H22N2O2/c1-5-14-6-8-15(9-7-14)11-19(4)17(20)10-16-12(2)18-21-13(16)3/h6-9H,5,10-11H2,1-4H3. The number of amides is 1. The highest BCUT2D eigenvalue weighted by Crippen LogP contribution is 2.15. The number of hydrogen-bond acceptors (Lipinski definition) is 3. The van der Waals surface area contributed by atoms with Gasteiger partial charge < -0.3 is 9.42 Å². The lowest BCUT2D eigenvalue weighted by Crippen LogP contribution is -2.28. The summed E-state index contributed by atoms with van der Waals surface area (Å²) in [6, 6.07) is 8.39. The molecule has 1 aromatic carbocycles. The van der Waals surface area contributed by atoms with Gasteiger partial charge in [-0.1, -0.05) is 36.3 Å². The highest BCUT2D eigenvalue weighted by Gasteiger charge is 2.16. The molecule has 4 nitrogen and oxygen atoms in total. The van der Waals surface area contributed by atoms with E-state index in [0.717, 1.165) is 29.0 Å². The molecule has 1 aromatic heterocycles. The summed E-state index contributed by atoms with van der Waals surface area (Å²) in [4.78, 5) is 14.0. The third-order valence-electron chi connectivity index (χ3n) is 3.79. The molecule has 0 aliphatic rings. The molecule has 0 N–H and O–H groups in total. The highest BCUT2D eigenvalue weighted by atomic mass is 16.5. The largest absolute Gasteiger partial charge is 0.361 e. The molecule has 1 amide bonds. The van der Waals surface area contributed by atoms with E-state index >= 15 is 0 Å². The van der Waals surface area contributed by atoms with Gasteiger partial charge in [-0.15, -0.1) is 0 Å². The van der Waals surface area contributed by atoms with Crippen molar-refractivity contribution in [2.24, 2.45) is 0 Å². The van der Waals surface area contributed by atoms with Crippen molar-refractivity contribution >= 4 is 5.91 Å². The van der Waals surface area contributed by atoms with Gasteiger partial charge in [0.2, 0.25) is 5.91 Å². The second-order valence-corrected chi connectivity index (χ2v) is 5.40. The number of aryl methyl sites for hydroxylation is 3. The van der Waals surface area contributed by atoms with Crippen LogP contribution >= 0.6 is 0 Å². The van der Waals surface area contributed by atoms with Crippen LogP contribution in [-0.2, 0) is 24.2 Å². The molecular weight excluding hydrogens is 264 g/mol. The Morgan fingerprint density at radius 1 is 1.19 bits per heavy atom. The average Bonchev–Trinajstić information content (AvgIpc) is 2.79. The van der Waals surface area contributed by atoms with Crippen LogP contribution in [0.3, 0.4) is 0 Å². The summed E-state index contributed by atoms with van der Waals surface area (Å²) in [6.07, 6.45) is 1.37. The zero-order valence-electron chi connectivity index (χ0n) is 13.1. The summed E-state index contributed by atoms with van der Waals surface area (Å²) in [5.41, 5.74) is 4.14. The molecule has 1 heterocycles. The molecule has 2 rings (SSSR count). The molecule has 0 saturated carbocycles. The van der Waals surface area contributed by atoms with E-state index in [4.69, 9.17) is 4.52 Å². The smallest absolute Gasteiger partial charge is 0.227 e. The maximum atomic E-state index is 12.3. The topological polar surface area (TPSA) is 46.3 Å². The second-order valence-electron chi connectivity index (χ2n) is 5.40. The van der Waals surface area contributed by atoms with Gasteiger partial charge in [0, 0.05) is 19.2 Å². The Morgan fingerprint density at radius 3 is 2.33 bits per heavy atom. The van der Waals surface area contributed by atoms with Crippen LogP contribution in [0.4, 0.5) is 0 Å². The summed E-state index contributed by atoms with van der Waals surface area (Å²) < 4.78 is 5.10. The summed E-state index contributed by atoms with van der Waals surface area (Å²) in [5, 5.41) is 3.89. The molecule has 0 unspecified atom stereocenters. The summed E-state index contributed by atoms with van der Waals surface area (Å²) in [6.45, 7) is 6.45. The maximum Gasteiger partial charge on any atom is 0.227 e. The van der Waals surface area contributed by atoms with Gasteiger partial charge in [0.05, 0.1) is 12.1 Å². The minimum atomic E-state index is 0.0731. The van der Waals surface area contributed by atoms with Crippen molar-refractivity contribution in [3.05, 3.63) is 52.4 Å². The normalized spacial score (nSPS) is 10.7. The highest BCUT2D eigenvalue weighted by molar-refractivity contribution is 5.79. The third kappa shape index (κ3) is 3.72. The van der Waals surface area contributed by atoms with Crippen LogP contribution in [0, 0.1) is 13.8 Å². The Kier molecular flexibility index (Phi) is 4.78. The summed E-state index contributed by atoms with van der Waals surface area (Å²) in [7, 11) is 1.83. The van der Waals surface area contributed by atoms with Crippen LogP contribution in [0.2, 0.25) is 0 Å². The van der Waals surface area contributed by atoms with E-state index in [1.54, 1.807) is 4.90 Å². The van der Waals surface area contributed by atoms with Crippen LogP contribution in [0.15, 0.2) is 28.8 Å². The summed E-state index contributed by atoms with van der Waals surface area (Å²) in [5.74, 6) is 0.797. The van der Waals surface area contributed by atoms with Gasteiger partial charge in [-0.3, -0.25) is 4.79 Å². The summed E-state index contributed by atoms with van der Waals surface area (Å²) >= 11 is 0. The molecule has 0 radical (unpaired) electrons. The molecule has 0 atom stereocenters. The number of carbonyl (C=O) groups is 1. The number of carbonyl (C=O) groups excluding carboxylic acids is 1. The lowest BCUT2D eigenvalue weighted by molar-refractivity contribution is -0.129. The first-order chi connectivity index (χ1) is 10.0. The molecule has 0 aliphatic heterocycles. The Balaban J connectivity index is 1.99. The van der Waals surface area contributed by atoms with Gasteiger partial charge in [-0.05, 0) is 31.4 Å². The first-order valence-corrected chi connectivity index (χ1v) is 7.24. The number of hydrogen-bond donors (Lipinski definition) is 0. The Bertz CT molecular complexity index is 595. The molecule has 21 heavy (non-hydrogen) atoms. The number of benzene rings is 1. The van der Waals surface area contributed by atoms with E-state index < -0.39 is 0 Å². The van der Waals surface area contributed by atoms with Crippen LogP contribution in [0.1, 0.15) is 35.1 Å². The number of rotatable bonds is 5. The molecule has 0 bridgehead atoms. The molecule has 4 heteroatoms. The van der Waals surface area contributed by atoms with E-state index in [-0.39, 0.29) is 5.91 Å². The van der Waals surface area contributed by atoms with E-state index in [0.29, 0.717) is 13.0 Å². The molecule has 0 saturated heterocycles. The Morgan fingerprint density at radius 2 is 1.81 bits per heavy atom. The molecule has 0 fully saturated rings. The average molecular weight is 286 g/mol. The van der Waals surface area contributed by atoms with Crippen LogP contribution < -0.4 is 0 Å². The number of likely N-dealkylation sites (N-methyl/N-ethyl adjacent to an activating group) is 1. The number of aromatic nitrogens is 1. The minimum Gasteiger partial charge on any atom is -0.361 e. The molecule has 112 valence electrons. The monoisotopic (exact) mass is 286 g/mol. The predicted octanol–water partition coefficient (Wildman–Crippen LogP) is 3.05. The quantitative estimate of drug-likeness (QED) is 0.848. The predicted molar refractivity (Wildman–Crippen MR) is 82.0 cm³/mol. The van der Waals surface area contributed by atoms with Crippen molar-refractivity contribution in [3.8, 4) is 0 Å². The van der Waals surface area contributed by atoms with Gasteiger partial charge in [0.15, 0.2) is 0 Å². The first kappa shape index (κ1) is 15.3. The fraction of sp³-hybridized carbons (Fsp3) is 0.412. The molecule has 2 aromatic rings. The lowest BCUT2D eigenvalue weighted by Gasteiger charge is -2.17.